The molecule has 0 aliphatic heterocycles. The lowest BCUT2D eigenvalue weighted by Gasteiger charge is -2.22. The Labute approximate surface area is 299 Å². The Morgan fingerprint density at radius 1 is 0.373 bits per heavy atom. The van der Waals surface area contributed by atoms with Crippen molar-refractivity contribution in [2.24, 2.45) is 0 Å². The predicted octanol–water partition coefficient (Wildman–Crippen LogP) is 14.2. The second-order valence-corrected chi connectivity index (χ2v) is 16.6. The molecule has 10 rings (SSSR count). The van der Waals surface area contributed by atoms with Gasteiger partial charge in [-0.05, 0) is 100 Å². The number of hydrogen-bond acceptors (Lipinski definition) is 0. The number of rotatable bonds is 2. The Bertz CT molecular complexity index is 2890. The van der Waals surface area contributed by atoms with Crippen LogP contribution in [0.1, 0.15) is 52.7 Å². The van der Waals surface area contributed by atoms with E-state index in [-0.39, 0.29) is 10.8 Å². The molecule has 0 saturated carbocycles. The summed E-state index contributed by atoms with van der Waals surface area (Å²) in [6, 6.07) is 53.0. The first kappa shape index (κ1) is 30.2. The second-order valence-electron chi connectivity index (χ2n) is 16.6. The van der Waals surface area contributed by atoms with Gasteiger partial charge in [-0.1, -0.05) is 157 Å². The van der Waals surface area contributed by atoms with Crippen molar-refractivity contribution >= 4 is 75.7 Å². The molecule has 0 spiro atoms. The zero-order chi connectivity index (χ0) is 34.8. The highest BCUT2D eigenvalue weighted by atomic mass is 15.0. The van der Waals surface area contributed by atoms with Crippen LogP contribution in [0.3, 0.4) is 0 Å². The molecule has 0 unspecified atom stereocenters. The summed E-state index contributed by atoms with van der Waals surface area (Å²) >= 11 is 0. The topological polar surface area (TPSA) is 4.93 Å². The van der Waals surface area contributed by atoms with Gasteiger partial charge in [-0.15, -0.1) is 0 Å². The molecule has 0 bridgehead atoms. The normalized spacial score (nSPS) is 12.9. The van der Waals surface area contributed by atoms with Gasteiger partial charge in [-0.3, -0.25) is 0 Å². The van der Waals surface area contributed by atoms with Gasteiger partial charge in [-0.2, -0.15) is 0 Å². The van der Waals surface area contributed by atoms with Gasteiger partial charge in [0.2, 0.25) is 0 Å². The fourth-order valence-corrected chi connectivity index (χ4v) is 8.79. The Balaban J connectivity index is 1.36. The zero-order valence-electron chi connectivity index (χ0n) is 30.2. The molecule has 0 aliphatic carbocycles. The van der Waals surface area contributed by atoms with Gasteiger partial charge in [0.15, 0.2) is 0 Å². The van der Waals surface area contributed by atoms with Crippen LogP contribution >= 0.6 is 0 Å². The summed E-state index contributed by atoms with van der Waals surface area (Å²) in [4.78, 5) is 0. The Kier molecular flexibility index (Phi) is 6.18. The van der Waals surface area contributed by atoms with Crippen LogP contribution in [0.25, 0.3) is 92.5 Å². The first-order valence-corrected chi connectivity index (χ1v) is 18.3. The maximum atomic E-state index is 2.56. The lowest BCUT2D eigenvalue weighted by molar-refractivity contribution is 0.590. The van der Waals surface area contributed by atoms with E-state index in [4.69, 9.17) is 0 Å². The quantitative estimate of drug-likeness (QED) is 0.129. The van der Waals surface area contributed by atoms with Crippen LogP contribution in [0.4, 0.5) is 0 Å². The molecule has 1 heterocycles. The molecular weight excluding hydrogens is 615 g/mol. The average Bonchev–Trinajstić information content (AvgIpc) is 3.45. The molecule has 1 heteroatoms. The molecule has 9 aromatic carbocycles. The highest BCUT2D eigenvalue weighted by Gasteiger charge is 2.24. The van der Waals surface area contributed by atoms with Crippen LogP contribution in [0.15, 0.2) is 140 Å². The van der Waals surface area contributed by atoms with Crippen molar-refractivity contribution in [3.8, 4) is 16.8 Å². The summed E-state index contributed by atoms with van der Waals surface area (Å²) in [7, 11) is 0. The molecular formula is C50H41N. The van der Waals surface area contributed by atoms with Crippen LogP contribution in [-0.4, -0.2) is 4.57 Å². The minimum atomic E-state index is 0.0476. The van der Waals surface area contributed by atoms with Crippen LogP contribution in [-0.2, 0) is 10.8 Å². The summed E-state index contributed by atoms with van der Waals surface area (Å²) in [6.45, 7) is 13.9. The van der Waals surface area contributed by atoms with Gasteiger partial charge in [-0.25, -0.2) is 0 Å². The Morgan fingerprint density at radius 3 is 1.37 bits per heavy atom. The summed E-state index contributed by atoms with van der Waals surface area (Å²) in [5.41, 5.74) is 9.13. The Hall–Kier alpha value is -5.66. The van der Waals surface area contributed by atoms with Gasteiger partial charge in [0.1, 0.15) is 0 Å². The molecule has 0 amide bonds. The minimum absolute atomic E-state index is 0.0476. The highest BCUT2D eigenvalue weighted by Crippen LogP contribution is 2.48. The van der Waals surface area contributed by atoms with Crippen LogP contribution in [0.5, 0.6) is 0 Å². The molecule has 10 aromatic rings. The molecule has 0 radical (unpaired) electrons. The first-order chi connectivity index (χ1) is 24.6. The van der Waals surface area contributed by atoms with Crippen molar-refractivity contribution in [2.45, 2.75) is 52.4 Å². The van der Waals surface area contributed by atoms with E-state index >= 15 is 0 Å². The van der Waals surface area contributed by atoms with Crippen molar-refractivity contribution in [2.75, 3.05) is 0 Å². The van der Waals surface area contributed by atoms with Crippen molar-refractivity contribution in [1.82, 2.24) is 4.57 Å². The van der Waals surface area contributed by atoms with Gasteiger partial charge >= 0.3 is 0 Å². The van der Waals surface area contributed by atoms with E-state index in [0.29, 0.717) is 0 Å². The molecule has 1 nitrogen and oxygen atoms in total. The van der Waals surface area contributed by atoms with Crippen LogP contribution in [0, 0.1) is 0 Å². The number of hydrogen-bond donors (Lipinski definition) is 0. The minimum Gasteiger partial charge on any atom is -0.308 e. The zero-order valence-corrected chi connectivity index (χ0v) is 30.2. The molecule has 51 heavy (non-hydrogen) atoms. The Morgan fingerprint density at radius 2 is 0.843 bits per heavy atom. The van der Waals surface area contributed by atoms with Crippen molar-refractivity contribution in [3.05, 3.63) is 151 Å². The summed E-state index contributed by atoms with van der Waals surface area (Å²) < 4.78 is 2.56. The smallest absolute Gasteiger partial charge is 0.0619 e. The van der Waals surface area contributed by atoms with Gasteiger partial charge in [0.25, 0.3) is 0 Å². The lowest BCUT2D eigenvalue weighted by atomic mass is 9.85. The third-order valence-electron chi connectivity index (χ3n) is 11.4. The highest BCUT2D eigenvalue weighted by molar-refractivity contribution is 6.29. The fraction of sp³-hybridized carbons (Fsp3) is 0.160. The van der Waals surface area contributed by atoms with Crippen molar-refractivity contribution in [1.29, 1.82) is 0 Å². The van der Waals surface area contributed by atoms with E-state index in [9.17, 15) is 0 Å². The lowest BCUT2D eigenvalue weighted by Crippen LogP contribution is -2.10. The SMILES string of the molecule is CC(C)(C)c1ccc2c(c1)c1cc(C(C)(C)C)ccc1n2-c1c2ccccc2c(-c2ccc3ccc4cccc5ccc2c3c45)c2ccccc12. The third kappa shape index (κ3) is 4.34. The van der Waals surface area contributed by atoms with Crippen LogP contribution in [0.2, 0.25) is 0 Å². The molecule has 1 aromatic heterocycles. The summed E-state index contributed by atoms with van der Waals surface area (Å²) in [6.07, 6.45) is 0. The molecule has 246 valence electrons. The number of fused-ring (bicyclic) bond motifs is 5. The number of benzene rings is 9. The summed E-state index contributed by atoms with van der Waals surface area (Å²) in [5, 5.41) is 15.6. The van der Waals surface area contributed by atoms with E-state index in [0.717, 1.165) is 0 Å². The van der Waals surface area contributed by atoms with Crippen molar-refractivity contribution < 1.29 is 0 Å². The maximum Gasteiger partial charge on any atom is 0.0619 e. The van der Waals surface area contributed by atoms with Crippen LogP contribution < -0.4 is 0 Å². The summed E-state index contributed by atoms with van der Waals surface area (Å²) in [5.74, 6) is 0. The maximum absolute atomic E-state index is 2.56. The second kappa shape index (κ2) is 10.4. The fourth-order valence-electron chi connectivity index (χ4n) is 8.79. The monoisotopic (exact) mass is 655 g/mol. The molecule has 0 aliphatic rings. The average molecular weight is 656 g/mol. The predicted molar refractivity (Wildman–Crippen MR) is 222 cm³/mol. The number of nitrogens with zero attached hydrogens (tertiary/aromatic N) is 1. The largest absolute Gasteiger partial charge is 0.308 e. The van der Waals surface area contributed by atoms with E-state index in [2.05, 4.69) is 186 Å². The van der Waals surface area contributed by atoms with E-state index in [1.165, 1.54) is 104 Å². The van der Waals surface area contributed by atoms with E-state index in [1.54, 1.807) is 0 Å². The van der Waals surface area contributed by atoms with E-state index < -0.39 is 0 Å². The number of aromatic nitrogens is 1. The molecule has 0 saturated heterocycles. The third-order valence-corrected chi connectivity index (χ3v) is 11.4. The van der Waals surface area contributed by atoms with Gasteiger partial charge in [0, 0.05) is 21.5 Å². The first-order valence-electron chi connectivity index (χ1n) is 18.3. The molecule has 0 atom stereocenters. The van der Waals surface area contributed by atoms with Crippen molar-refractivity contribution in [3.63, 3.8) is 0 Å². The van der Waals surface area contributed by atoms with E-state index in [1.807, 2.05) is 0 Å². The molecule has 0 N–H and O–H groups in total. The van der Waals surface area contributed by atoms with Gasteiger partial charge in [0.05, 0.1) is 16.7 Å². The van der Waals surface area contributed by atoms with Gasteiger partial charge < -0.3 is 4.57 Å². The molecule has 0 fully saturated rings. The standard InChI is InChI=1S/C50H41N/c1-49(2,3)33-22-26-43-41(28-33)42-29-34(50(4,5)6)23-27-44(42)51(43)48-39-16-9-7-14-35(39)47(36-15-8-10-17-40(36)48)38-25-21-32-19-18-30-12-11-13-31-20-24-37(38)46(32)45(30)31/h7-29H,1-6H3.